The van der Waals surface area contributed by atoms with Gasteiger partial charge in [0.05, 0.1) is 28.2 Å². The summed E-state index contributed by atoms with van der Waals surface area (Å²) in [6.07, 6.45) is 1.56. The fraction of sp³-hybridized carbons (Fsp3) is 0.727. The van der Waals surface area contributed by atoms with Crippen molar-refractivity contribution in [3.8, 4) is 0 Å². The maximum absolute atomic E-state index is 11.8. The number of rotatable bonds is 4. The predicted molar refractivity (Wildman–Crippen MR) is 73.8 cm³/mol. The number of aromatic nitrogens is 2. The Hall–Kier alpha value is -0.400. The molecule has 7 heteroatoms. The quantitative estimate of drug-likeness (QED) is 0.842. The van der Waals surface area contributed by atoms with Gasteiger partial charge in [-0.2, -0.15) is 9.40 Å². The van der Waals surface area contributed by atoms with Gasteiger partial charge >= 0.3 is 0 Å². The van der Waals surface area contributed by atoms with E-state index in [9.17, 15) is 8.42 Å². The van der Waals surface area contributed by atoms with Gasteiger partial charge in [-0.3, -0.25) is 4.68 Å². The van der Waals surface area contributed by atoms with Gasteiger partial charge in [0.25, 0.3) is 0 Å². The minimum Gasteiger partial charge on any atom is -0.267 e. The lowest BCUT2D eigenvalue weighted by atomic mass is 10.3. The first-order chi connectivity index (χ1) is 8.49. The van der Waals surface area contributed by atoms with Crippen LogP contribution < -0.4 is 0 Å². The normalized spacial score (nSPS) is 19.5. The molecule has 0 spiro atoms. The van der Waals surface area contributed by atoms with E-state index in [1.807, 2.05) is 18.5 Å². The molecule has 0 radical (unpaired) electrons. The monoisotopic (exact) mass is 335 g/mol. The Balaban J connectivity index is 2.31. The van der Waals surface area contributed by atoms with E-state index in [-0.39, 0.29) is 5.75 Å². The third-order valence-corrected chi connectivity index (χ3v) is 6.04. The lowest BCUT2D eigenvalue weighted by molar-refractivity contribution is 0.420. The van der Waals surface area contributed by atoms with Gasteiger partial charge in [0.2, 0.25) is 10.0 Å². The van der Waals surface area contributed by atoms with Gasteiger partial charge in [0.1, 0.15) is 0 Å². The Labute approximate surface area is 116 Å². The number of halogens is 1. The molecule has 0 bridgehead atoms. The molecule has 2 rings (SSSR count). The van der Waals surface area contributed by atoms with E-state index in [4.69, 9.17) is 0 Å². The lowest BCUT2D eigenvalue weighted by Gasteiger charge is -2.15. The molecule has 18 heavy (non-hydrogen) atoms. The van der Waals surface area contributed by atoms with Crippen LogP contribution in [0.3, 0.4) is 0 Å². The first kappa shape index (κ1) is 14.0. The van der Waals surface area contributed by atoms with E-state index in [0.717, 1.165) is 35.2 Å². The molecule has 0 N–H and O–H groups in total. The van der Waals surface area contributed by atoms with E-state index in [1.54, 1.807) is 4.31 Å². The highest BCUT2D eigenvalue weighted by Crippen LogP contribution is 2.26. The molecule has 0 saturated carbocycles. The van der Waals surface area contributed by atoms with Crippen LogP contribution in [0.1, 0.15) is 31.7 Å². The van der Waals surface area contributed by atoms with Gasteiger partial charge in [-0.1, -0.05) is 6.92 Å². The Morgan fingerprint density at radius 3 is 2.61 bits per heavy atom. The maximum atomic E-state index is 11.8. The summed E-state index contributed by atoms with van der Waals surface area (Å²) >= 11 is 3.54. The highest BCUT2D eigenvalue weighted by molar-refractivity contribution is 9.10. The zero-order valence-corrected chi connectivity index (χ0v) is 13.1. The summed E-state index contributed by atoms with van der Waals surface area (Å²) in [5.74, 6) is 0.269. The summed E-state index contributed by atoms with van der Waals surface area (Å²) in [4.78, 5) is 0. The third-order valence-electron chi connectivity index (χ3n) is 3.22. The number of sulfonamides is 1. The summed E-state index contributed by atoms with van der Waals surface area (Å²) in [7, 11) is -3.05. The molecule has 102 valence electrons. The van der Waals surface area contributed by atoms with Crippen LogP contribution in [0, 0.1) is 0 Å². The standard InChI is InChI=1S/C11H18BrN3O2S/c1-3-9-11(12)10(15(4-2)13-9)8-14-6-5-7-18(14,16)17/h3-8H2,1-2H3. The van der Waals surface area contributed by atoms with Crippen molar-refractivity contribution in [2.75, 3.05) is 12.3 Å². The second-order valence-corrected chi connectivity index (χ2v) is 7.26. The zero-order valence-electron chi connectivity index (χ0n) is 10.7. The minimum absolute atomic E-state index is 0.269. The molecule has 2 heterocycles. The summed E-state index contributed by atoms with van der Waals surface area (Å²) in [5, 5.41) is 4.48. The summed E-state index contributed by atoms with van der Waals surface area (Å²) < 4.78 is 28.1. The van der Waals surface area contributed by atoms with Gasteiger partial charge in [-0.25, -0.2) is 8.42 Å². The fourth-order valence-electron chi connectivity index (χ4n) is 2.20. The van der Waals surface area contributed by atoms with E-state index in [0.29, 0.717) is 13.1 Å². The lowest BCUT2D eigenvalue weighted by Crippen LogP contribution is -2.26. The number of nitrogens with zero attached hydrogens (tertiary/aromatic N) is 3. The Bertz CT molecular complexity index is 539. The highest BCUT2D eigenvalue weighted by atomic mass is 79.9. The van der Waals surface area contributed by atoms with Crippen LogP contribution in [0.15, 0.2) is 4.47 Å². The molecule has 0 aromatic carbocycles. The predicted octanol–water partition coefficient (Wildman–Crippen LogP) is 1.76. The molecule has 1 aromatic rings. The molecule has 1 aromatic heterocycles. The summed E-state index contributed by atoms with van der Waals surface area (Å²) in [6, 6.07) is 0. The number of hydrogen-bond donors (Lipinski definition) is 0. The van der Waals surface area contributed by atoms with Crippen LogP contribution in [-0.2, 0) is 29.5 Å². The summed E-state index contributed by atoms with van der Waals surface area (Å²) in [6.45, 7) is 5.85. The zero-order chi connectivity index (χ0) is 13.3. The molecular weight excluding hydrogens is 318 g/mol. The van der Waals surface area contributed by atoms with Gasteiger partial charge in [-0.15, -0.1) is 0 Å². The van der Waals surface area contributed by atoms with E-state index >= 15 is 0 Å². The van der Waals surface area contributed by atoms with Crippen LogP contribution >= 0.6 is 15.9 Å². The molecule has 0 aliphatic carbocycles. The van der Waals surface area contributed by atoms with Gasteiger partial charge in [0, 0.05) is 13.1 Å². The second-order valence-electron chi connectivity index (χ2n) is 4.38. The van der Waals surface area contributed by atoms with Gasteiger partial charge in [0.15, 0.2) is 0 Å². The molecule has 1 fully saturated rings. The van der Waals surface area contributed by atoms with E-state index < -0.39 is 10.0 Å². The van der Waals surface area contributed by atoms with Crippen LogP contribution in [0.4, 0.5) is 0 Å². The molecule has 0 unspecified atom stereocenters. The van der Waals surface area contributed by atoms with Crippen molar-refractivity contribution in [1.82, 2.24) is 14.1 Å². The molecule has 0 amide bonds. The van der Waals surface area contributed by atoms with Crippen molar-refractivity contribution in [3.05, 3.63) is 15.9 Å². The maximum Gasteiger partial charge on any atom is 0.214 e. The Morgan fingerprint density at radius 1 is 1.39 bits per heavy atom. The van der Waals surface area contributed by atoms with Crippen LogP contribution in [0.25, 0.3) is 0 Å². The van der Waals surface area contributed by atoms with Crippen molar-refractivity contribution < 1.29 is 8.42 Å². The Kier molecular flexibility index (Phi) is 4.13. The van der Waals surface area contributed by atoms with Gasteiger partial charge in [-0.05, 0) is 35.7 Å². The molecular formula is C11H18BrN3O2S. The van der Waals surface area contributed by atoms with Crippen LogP contribution in [-0.4, -0.2) is 34.8 Å². The molecule has 1 aliphatic rings. The Morgan fingerprint density at radius 2 is 2.11 bits per heavy atom. The molecule has 1 aliphatic heterocycles. The first-order valence-electron chi connectivity index (χ1n) is 6.21. The topological polar surface area (TPSA) is 55.2 Å². The fourth-order valence-corrected chi connectivity index (χ4v) is 4.37. The van der Waals surface area contributed by atoms with Crippen molar-refractivity contribution in [3.63, 3.8) is 0 Å². The van der Waals surface area contributed by atoms with Crippen LogP contribution in [0.5, 0.6) is 0 Å². The van der Waals surface area contributed by atoms with E-state index in [1.165, 1.54) is 0 Å². The van der Waals surface area contributed by atoms with E-state index in [2.05, 4.69) is 21.0 Å². The molecule has 5 nitrogen and oxygen atoms in total. The van der Waals surface area contributed by atoms with Crippen molar-refractivity contribution in [2.24, 2.45) is 0 Å². The van der Waals surface area contributed by atoms with Gasteiger partial charge < -0.3 is 0 Å². The second kappa shape index (κ2) is 5.30. The van der Waals surface area contributed by atoms with Crippen LogP contribution in [0.2, 0.25) is 0 Å². The average Bonchev–Trinajstić information content (AvgIpc) is 2.82. The smallest absolute Gasteiger partial charge is 0.214 e. The molecule has 1 saturated heterocycles. The largest absolute Gasteiger partial charge is 0.267 e. The average molecular weight is 336 g/mol. The summed E-state index contributed by atoms with van der Waals surface area (Å²) in [5.41, 5.74) is 1.95. The highest BCUT2D eigenvalue weighted by Gasteiger charge is 2.30. The first-order valence-corrected chi connectivity index (χ1v) is 8.61. The molecule has 0 atom stereocenters. The minimum atomic E-state index is -3.05. The SMILES string of the molecule is CCc1nn(CC)c(CN2CCCS2(=O)=O)c1Br. The third kappa shape index (κ3) is 2.48. The van der Waals surface area contributed by atoms with Crippen molar-refractivity contribution >= 4 is 26.0 Å². The van der Waals surface area contributed by atoms with Crippen molar-refractivity contribution in [1.29, 1.82) is 0 Å². The number of hydrogen-bond acceptors (Lipinski definition) is 3. The number of aryl methyl sites for hydroxylation is 2. The van der Waals surface area contributed by atoms with Crippen molar-refractivity contribution in [2.45, 2.75) is 39.8 Å².